The van der Waals surface area contributed by atoms with E-state index in [-0.39, 0.29) is 34.7 Å². The van der Waals surface area contributed by atoms with Crippen LogP contribution in [0.4, 0.5) is 14.5 Å². The molecule has 1 aromatic carbocycles. The molecule has 0 bridgehead atoms. The summed E-state index contributed by atoms with van der Waals surface area (Å²) in [5.74, 6) is -2.21. The molecule has 3 N–H and O–H groups in total. The van der Waals surface area contributed by atoms with Gasteiger partial charge in [0.2, 0.25) is 5.91 Å². The highest BCUT2D eigenvalue weighted by Crippen LogP contribution is 2.34. The molecular weight excluding hydrogens is 348 g/mol. The summed E-state index contributed by atoms with van der Waals surface area (Å²) in [6, 6.07) is 1.46. The molecule has 2 atom stereocenters. The molecule has 8 heteroatoms. The van der Waals surface area contributed by atoms with Gasteiger partial charge in [0.15, 0.2) is 11.6 Å². The maximum Gasteiger partial charge on any atom is 0.227 e. The zero-order valence-electron chi connectivity index (χ0n) is 14.1. The zero-order valence-corrected chi connectivity index (χ0v) is 15.0. The maximum absolute atomic E-state index is 14.3. The van der Waals surface area contributed by atoms with E-state index in [1.807, 2.05) is 0 Å². The number of halogens is 2. The Morgan fingerprint density at radius 3 is 2.60 bits per heavy atom. The van der Waals surface area contributed by atoms with E-state index in [1.165, 1.54) is 6.07 Å². The molecule has 2 unspecified atom stereocenters. The van der Waals surface area contributed by atoms with Gasteiger partial charge >= 0.3 is 0 Å². The molecule has 25 heavy (non-hydrogen) atoms. The second-order valence-corrected chi connectivity index (χ2v) is 9.08. The molecule has 1 heterocycles. The summed E-state index contributed by atoms with van der Waals surface area (Å²) in [6.07, 6.45) is 2.61. The highest BCUT2D eigenvalue weighted by Gasteiger charge is 2.38. The van der Waals surface area contributed by atoms with E-state index in [0.717, 1.165) is 25.3 Å². The van der Waals surface area contributed by atoms with Gasteiger partial charge in [-0.2, -0.15) is 0 Å². The number of amidine groups is 1. The largest absolute Gasteiger partial charge is 0.386 e. The van der Waals surface area contributed by atoms with Crippen molar-refractivity contribution in [3.05, 3.63) is 29.3 Å². The van der Waals surface area contributed by atoms with Gasteiger partial charge in [0.1, 0.15) is 5.84 Å². The average molecular weight is 369 g/mol. The van der Waals surface area contributed by atoms with Crippen molar-refractivity contribution in [3.8, 4) is 0 Å². The van der Waals surface area contributed by atoms with Crippen LogP contribution >= 0.6 is 0 Å². The van der Waals surface area contributed by atoms with Crippen LogP contribution in [0.1, 0.15) is 44.7 Å². The summed E-state index contributed by atoms with van der Waals surface area (Å²) in [7, 11) is -1.38. The molecule has 1 aliphatic heterocycles. The molecule has 2 aliphatic rings. The number of aliphatic imine (C=N–C) groups is 1. The number of hydrogen-bond acceptors (Lipinski definition) is 4. The molecule has 136 valence electrons. The van der Waals surface area contributed by atoms with Gasteiger partial charge in [0.05, 0.1) is 16.5 Å². The Labute approximate surface area is 147 Å². The molecule has 1 saturated carbocycles. The van der Waals surface area contributed by atoms with Crippen molar-refractivity contribution in [2.24, 2.45) is 16.6 Å². The number of rotatable bonds is 3. The first-order chi connectivity index (χ1) is 11.7. The highest BCUT2D eigenvalue weighted by atomic mass is 32.2. The third-order valence-corrected chi connectivity index (χ3v) is 6.92. The number of carbonyl (C=O) groups excluding carboxylic acids is 1. The normalized spacial score (nSPS) is 25.8. The lowest BCUT2D eigenvalue weighted by Gasteiger charge is -2.31. The van der Waals surface area contributed by atoms with Crippen LogP contribution in [0, 0.1) is 17.6 Å². The van der Waals surface area contributed by atoms with E-state index >= 15 is 0 Å². The van der Waals surface area contributed by atoms with Crippen LogP contribution in [0.15, 0.2) is 17.1 Å². The monoisotopic (exact) mass is 369 g/mol. The van der Waals surface area contributed by atoms with Gasteiger partial charge in [-0.3, -0.25) is 14.0 Å². The minimum absolute atomic E-state index is 0.0456. The van der Waals surface area contributed by atoms with Gasteiger partial charge < -0.3 is 11.1 Å². The van der Waals surface area contributed by atoms with Crippen LogP contribution in [-0.2, 0) is 15.6 Å². The number of nitrogens with zero attached hydrogens (tertiary/aromatic N) is 1. The van der Waals surface area contributed by atoms with Crippen LogP contribution in [-0.4, -0.2) is 26.5 Å². The molecule has 1 amide bonds. The van der Waals surface area contributed by atoms with Gasteiger partial charge in [0, 0.05) is 34.0 Å². The number of benzene rings is 1. The van der Waals surface area contributed by atoms with Crippen LogP contribution in [0.5, 0.6) is 0 Å². The predicted molar refractivity (Wildman–Crippen MR) is 93.8 cm³/mol. The first-order valence-electron chi connectivity index (χ1n) is 8.22. The van der Waals surface area contributed by atoms with Crippen LogP contribution < -0.4 is 11.1 Å². The number of nitrogens with one attached hydrogen (secondary N) is 1. The molecule has 0 radical (unpaired) electrons. The lowest BCUT2D eigenvalue weighted by molar-refractivity contribution is -0.122. The van der Waals surface area contributed by atoms with Gasteiger partial charge in [0.25, 0.3) is 0 Å². The van der Waals surface area contributed by atoms with Crippen molar-refractivity contribution >= 4 is 28.2 Å². The summed E-state index contributed by atoms with van der Waals surface area (Å²) in [6.45, 7) is 3.40. The third-order valence-electron chi connectivity index (χ3n) is 4.95. The highest BCUT2D eigenvalue weighted by molar-refractivity contribution is 7.87. The van der Waals surface area contributed by atoms with Crippen molar-refractivity contribution in [1.29, 1.82) is 0 Å². The Hall–Kier alpha value is -1.83. The fraction of sp³-hybridized carbons (Fsp3) is 0.529. The van der Waals surface area contributed by atoms with E-state index in [1.54, 1.807) is 13.8 Å². The Morgan fingerprint density at radius 1 is 1.36 bits per heavy atom. The van der Waals surface area contributed by atoms with Gasteiger partial charge in [-0.15, -0.1) is 0 Å². The SMILES string of the molecule is CC1(C)C(N)=NC(c2cc(NC(=O)C3CCC3)cc(F)c2F)CS1=O. The van der Waals surface area contributed by atoms with Crippen molar-refractivity contribution in [1.82, 2.24) is 0 Å². The Morgan fingerprint density at radius 2 is 2.04 bits per heavy atom. The smallest absolute Gasteiger partial charge is 0.227 e. The van der Waals surface area contributed by atoms with E-state index in [2.05, 4.69) is 10.3 Å². The Kier molecular flexibility index (Phi) is 4.66. The summed E-state index contributed by atoms with van der Waals surface area (Å²) >= 11 is 0. The summed E-state index contributed by atoms with van der Waals surface area (Å²) in [4.78, 5) is 16.3. The molecule has 3 rings (SSSR count). The quantitative estimate of drug-likeness (QED) is 0.859. The Bertz CT molecular complexity index is 775. The topological polar surface area (TPSA) is 84.5 Å². The third kappa shape index (κ3) is 3.31. The second kappa shape index (κ2) is 6.48. The minimum atomic E-state index is -1.38. The van der Waals surface area contributed by atoms with Crippen molar-refractivity contribution in [3.63, 3.8) is 0 Å². The summed E-state index contributed by atoms with van der Waals surface area (Å²) in [5.41, 5.74) is 6.00. The van der Waals surface area contributed by atoms with Crippen molar-refractivity contribution < 1.29 is 17.8 Å². The van der Waals surface area contributed by atoms with Gasteiger partial charge in [-0.25, -0.2) is 8.78 Å². The van der Waals surface area contributed by atoms with Crippen molar-refractivity contribution in [2.75, 3.05) is 11.1 Å². The van der Waals surface area contributed by atoms with E-state index in [9.17, 15) is 17.8 Å². The standard InChI is InChI=1S/C17H21F2N3O2S/c1-17(2)16(20)22-13(8-25(17)24)11-6-10(7-12(18)14(11)19)21-15(23)9-4-3-5-9/h6-7,9,13H,3-5,8H2,1-2H3,(H2,20,22)(H,21,23). The van der Waals surface area contributed by atoms with Crippen LogP contribution in [0.3, 0.4) is 0 Å². The first kappa shape index (κ1) is 18.0. The van der Waals surface area contributed by atoms with Crippen molar-refractivity contribution in [2.45, 2.75) is 43.9 Å². The van der Waals surface area contributed by atoms with Crippen LogP contribution in [0.25, 0.3) is 0 Å². The number of amides is 1. The molecule has 0 aromatic heterocycles. The average Bonchev–Trinajstić information content (AvgIpc) is 2.46. The maximum atomic E-state index is 14.3. The van der Waals surface area contributed by atoms with Gasteiger partial charge in [-0.1, -0.05) is 6.42 Å². The van der Waals surface area contributed by atoms with E-state index in [4.69, 9.17) is 5.73 Å². The zero-order chi connectivity index (χ0) is 18.4. The van der Waals surface area contributed by atoms with E-state index < -0.39 is 33.2 Å². The Balaban J connectivity index is 1.92. The number of anilines is 1. The van der Waals surface area contributed by atoms with E-state index in [0.29, 0.717) is 0 Å². The molecule has 0 saturated heterocycles. The summed E-state index contributed by atoms with van der Waals surface area (Å²) in [5, 5.41) is 2.63. The molecule has 1 fully saturated rings. The predicted octanol–water partition coefficient (Wildman–Crippen LogP) is 2.64. The lowest BCUT2D eigenvalue weighted by Crippen LogP contribution is -2.47. The molecule has 0 spiro atoms. The molecular formula is C17H21F2N3O2S. The minimum Gasteiger partial charge on any atom is -0.386 e. The van der Waals surface area contributed by atoms with Crippen LogP contribution in [0.2, 0.25) is 0 Å². The summed E-state index contributed by atoms with van der Waals surface area (Å²) < 4.78 is 39.9. The molecule has 1 aromatic rings. The lowest BCUT2D eigenvalue weighted by atomic mass is 9.85. The molecule has 5 nitrogen and oxygen atoms in total. The molecule has 1 aliphatic carbocycles. The fourth-order valence-electron chi connectivity index (χ4n) is 2.83. The number of hydrogen-bond donors (Lipinski definition) is 2. The second-order valence-electron chi connectivity index (χ2n) is 7.03. The fourth-order valence-corrected chi connectivity index (χ4v) is 4.07. The van der Waals surface area contributed by atoms with Gasteiger partial charge in [-0.05, 0) is 32.8 Å². The first-order valence-corrected chi connectivity index (χ1v) is 9.54. The number of carbonyl (C=O) groups is 1. The number of nitrogens with two attached hydrogens (primary N) is 1.